The minimum atomic E-state index is -3.30. The fraction of sp³-hybridized carbons (Fsp3) is 0.353. The van der Waals surface area contributed by atoms with E-state index in [0.29, 0.717) is 0 Å². The molecule has 0 fully saturated rings. The number of hydrogen-bond donors (Lipinski definition) is 2. The Kier molecular flexibility index (Phi) is 6.15. The molecule has 5 nitrogen and oxygen atoms in total. The van der Waals surface area contributed by atoms with Crippen LogP contribution in [0, 0.1) is 0 Å². The molecule has 2 N–H and O–H groups in total. The topological polar surface area (TPSA) is 83.5 Å². The average molecular weight is 367 g/mol. The van der Waals surface area contributed by atoms with Gasteiger partial charge in [0.05, 0.1) is 16.6 Å². The number of aliphatic hydroxyl groups is 1. The third-order valence-electron chi connectivity index (χ3n) is 3.60. The molecule has 0 bridgehead atoms. The second-order valence-corrected chi connectivity index (χ2v) is 9.23. The maximum atomic E-state index is 12.0. The first-order chi connectivity index (χ1) is 11.3. The molecule has 1 amide bonds. The molecule has 130 valence electrons. The summed E-state index contributed by atoms with van der Waals surface area (Å²) in [4.78, 5) is 13.0. The van der Waals surface area contributed by atoms with Crippen LogP contribution in [-0.4, -0.2) is 31.2 Å². The average Bonchev–Trinajstić information content (AvgIpc) is 3.07. The smallest absolute Gasteiger partial charge is 0.224 e. The van der Waals surface area contributed by atoms with Crippen molar-refractivity contribution in [3.05, 3.63) is 52.2 Å². The number of thiophene rings is 1. The van der Waals surface area contributed by atoms with Crippen LogP contribution in [0.5, 0.6) is 0 Å². The molecule has 0 radical (unpaired) electrons. The number of hydrogen-bond acceptors (Lipinski definition) is 5. The summed E-state index contributed by atoms with van der Waals surface area (Å²) in [7, 11) is -3.30. The van der Waals surface area contributed by atoms with E-state index < -0.39 is 21.2 Å². The van der Waals surface area contributed by atoms with Gasteiger partial charge in [-0.05, 0) is 43.0 Å². The van der Waals surface area contributed by atoms with Crippen molar-refractivity contribution < 1.29 is 18.3 Å². The van der Waals surface area contributed by atoms with Crippen LogP contribution in [0.2, 0.25) is 0 Å². The van der Waals surface area contributed by atoms with Crippen LogP contribution >= 0.6 is 11.3 Å². The molecule has 0 aliphatic carbocycles. The third kappa shape index (κ3) is 4.66. The molecule has 2 aromatic rings. The molecule has 0 saturated heterocycles. The fourth-order valence-electron chi connectivity index (χ4n) is 2.11. The molecular formula is C17H21NO4S2. The van der Waals surface area contributed by atoms with Crippen LogP contribution in [0.25, 0.3) is 0 Å². The van der Waals surface area contributed by atoms with Crippen LogP contribution in [-0.2, 0) is 21.1 Å². The maximum Gasteiger partial charge on any atom is 0.224 e. The second-order valence-electron chi connectivity index (χ2n) is 5.75. The lowest BCUT2D eigenvalue weighted by Gasteiger charge is -2.11. The molecule has 7 heteroatoms. The normalized spacial score (nSPS) is 13.0. The van der Waals surface area contributed by atoms with Crippen molar-refractivity contribution in [2.45, 2.75) is 36.5 Å². The lowest BCUT2D eigenvalue weighted by Crippen LogP contribution is -2.29. The van der Waals surface area contributed by atoms with Gasteiger partial charge in [-0.3, -0.25) is 4.79 Å². The molecule has 0 aliphatic rings. The van der Waals surface area contributed by atoms with E-state index in [1.165, 1.54) is 23.5 Å². The Hall–Kier alpha value is -1.70. The van der Waals surface area contributed by atoms with Crippen LogP contribution in [0.4, 0.5) is 0 Å². The van der Waals surface area contributed by atoms with Gasteiger partial charge in [-0.1, -0.05) is 18.2 Å². The lowest BCUT2D eigenvalue weighted by atomic mass is 10.1. The number of carbonyl (C=O) groups excluding carboxylic acids is 1. The van der Waals surface area contributed by atoms with Gasteiger partial charge in [-0.15, -0.1) is 11.3 Å². The lowest BCUT2D eigenvalue weighted by molar-refractivity contribution is -0.120. The maximum absolute atomic E-state index is 12.0. The van der Waals surface area contributed by atoms with Crippen LogP contribution in [0.15, 0.2) is 46.7 Å². The Labute approximate surface area is 146 Å². The van der Waals surface area contributed by atoms with E-state index in [1.807, 2.05) is 17.5 Å². The number of benzene rings is 1. The van der Waals surface area contributed by atoms with Crippen molar-refractivity contribution in [3.8, 4) is 0 Å². The highest BCUT2D eigenvalue weighted by molar-refractivity contribution is 7.92. The van der Waals surface area contributed by atoms with Gasteiger partial charge in [0, 0.05) is 11.4 Å². The molecule has 1 aromatic heterocycles. The van der Waals surface area contributed by atoms with Crippen molar-refractivity contribution in [2.24, 2.45) is 0 Å². The monoisotopic (exact) mass is 367 g/mol. The number of amides is 1. The van der Waals surface area contributed by atoms with E-state index in [1.54, 1.807) is 26.0 Å². The number of carbonyl (C=O) groups is 1. The zero-order valence-electron chi connectivity index (χ0n) is 13.6. The van der Waals surface area contributed by atoms with Crippen molar-refractivity contribution in [3.63, 3.8) is 0 Å². The SMILES string of the molecule is CC(C)S(=O)(=O)c1ccc(CC(=O)NCC(O)c2cccs2)cc1. The Morgan fingerprint density at radius 1 is 1.21 bits per heavy atom. The molecule has 0 aliphatic heterocycles. The van der Waals surface area contributed by atoms with E-state index in [4.69, 9.17) is 0 Å². The van der Waals surface area contributed by atoms with E-state index in [0.717, 1.165) is 10.4 Å². The first-order valence-electron chi connectivity index (χ1n) is 7.61. The molecule has 2 rings (SSSR count). The first-order valence-corrected chi connectivity index (χ1v) is 10.0. The first kappa shape index (κ1) is 18.6. The van der Waals surface area contributed by atoms with Gasteiger partial charge in [0.25, 0.3) is 0 Å². The summed E-state index contributed by atoms with van der Waals surface area (Å²) in [6, 6.07) is 10.00. The predicted octanol–water partition coefficient (Wildman–Crippen LogP) is 2.32. The van der Waals surface area contributed by atoms with Crippen LogP contribution < -0.4 is 5.32 Å². The van der Waals surface area contributed by atoms with Crippen LogP contribution in [0.1, 0.15) is 30.4 Å². The number of sulfone groups is 1. The third-order valence-corrected chi connectivity index (χ3v) is 6.75. The molecule has 0 spiro atoms. The van der Waals surface area contributed by atoms with Crippen molar-refractivity contribution in [1.29, 1.82) is 0 Å². The molecule has 1 aromatic carbocycles. The molecule has 0 saturated carbocycles. The van der Waals surface area contributed by atoms with Gasteiger partial charge in [0.2, 0.25) is 5.91 Å². The summed E-state index contributed by atoms with van der Waals surface area (Å²) in [5, 5.41) is 14.0. The molecule has 1 heterocycles. The molecule has 1 atom stereocenters. The van der Waals surface area contributed by atoms with Crippen molar-refractivity contribution in [2.75, 3.05) is 6.54 Å². The highest BCUT2D eigenvalue weighted by atomic mass is 32.2. The summed E-state index contributed by atoms with van der Waals surface area (Å²) >= 11 is 1.43. The van der Waals surface area contributed by atoms with Gasteiger partial charge < -0.3 is 10.4 Å². The van der Waals surface area contributed by atoms with E-state index in [-0.39, 0.29) is 23.8 Å². The van der Waals surface area contributed by atoms with Gasteiger partial charge in [0.1, 0.15) is 6.10 Å². The highest BCUT2D eigenvalue weighted by Gasteiger charge is 2.19. The minimum absolute atomic E-state index is 0.138. The largest absolute Gasteiger partial charge is 0.386 e. The standard InChI is InChI=1S/C17H21NO4S2/c1-12(2)24(21,22)14-7-5-13(6-8-14)10-17(20)18-11-15(19)16-4-3-9-23-16/h3-9,12,15,19H,10-11H2,1-2H3,(H,18,20). The summed E-state index contributed by atoms with van der Waals surface area (Å²) < 4.78 is 24.1. The Bertz CT molecular complexity index is 765. The van der Waals surface area contributed by atoms with Gasteiger partial charge >= 0.3 is 0 Å². The Balaban J connectivity index is 1.90. The fourth-order valence-corrected chi connectivity index (χ4v) is 3.88. The number of aliphatic hydroxyl groups excluding tert-OH is 1. The quantitative estimate of drug-likeness (QED) is 0.787. The second kappa shape index (κ2) is 7.92. The van der Waals surface area contributed by atoms with Crippen molar-refractivity contribution in [1.82, 2.24) is 5.32 Å². The predicted molar refractivity (Wildman–Crippen MR) is 94.8 cm³/mol. The van der Waals surface area contributed by atoms with E-state index in [9.17, 15) is 18.3 Å². The minimum Gasteiger partial charge on any atom is -0.386 e. The number of nitrogens with one attached hydrogen (secondary N) is 1. The van der Waals surface area contributed by atoms with Crippen LogP contribution in [0.3, 0.4) is 0 Å². The van der Waals surface area contributed by atoms with Gasteiger partial charge in [-0.2, -0.15) is 0 Å². The summed E-state index contributed by atoms with van der Waals surface area (Å²) in [5.41, 5.74) is 0.723. The van der Waals surface area contributed by atoms with Crippen molar-refractivity contribution >= 4 is 27.1 Å². The van der Waals surface area contributed by atoms with E-state index >= 15 is 0 Å². The molecule has 24 heavy (non-hydrogen) atoms. The number of rotatable bonds is 7. The highest BCUT2D eigenvalue weighted by Crippen LogP contribution is 2.18. The Morgan fingerprint density at radius 3 is 2.42 bits per heavy atom. The Morgan fingerprint density at radius 2 is 1.88 bits per heavy atom. The molecular weight excluding hydrogens is 346 g/mol. The summed E-state index contributed by atoms with van der Waals surface area (Å²) in [5.74, 6) is -0.218. The van der Waals surface area contributed by atoms with Gasteiger partial charge in [-0.25, -0.2) is 8.42 Å². The summed E-state index contributed by atoms with van der Waals surface area (Å²) in [6.07, 6.45) is -0.577. The summed E-state index contributed by atoms with van der Waals surface area (Å²) in [6.45, 7) is 3.42. The molecule has 1 unspecified atom stereocenters. The zero-order chi connectivity index (χ0) is 17.7. The van der Waals surface area contributed by atoms with E-state index in [2.05, 4.69) is 5.32 Å². The zero-order valence-corrected chi connectivity index (χ0v) is 15.2. The van der Waals surface area contributed by atoms with Gasteiger partial charge in [0.15, 0.2) is 9.84 Å².